The highest BCUT2D eigenvalue weighted by Crippen LogP contribution is 2.40. The zero-order valence-electron chi connectivity index (χ0n) is 20.8. The first kappa shape index (κ1) is 24.5. The fourth-order valence-electron chi connectivity index (χ4n) is 4.14. The van der Waals surface area contributed by atoms with Gasteiger partial charge in [0.05, 0.1) is 32.9 Å². The van der Waals surface area contributed by atoms with E-state index < -0.39 is 0 Å². The molecule has 3 aromatic rings. The largest absolute Gasteiger partial charge is 0.497 e. The van der Waals surface area contributed by atoms with E-state index in [1.54, 1.807) is 21.3 Å². The van der Waals surface area contributed by atoms with Gasteiger partial charge in [-0.25, -0.2) is 0 Å². The Kier molecular flexibility index (Phi) is 7.25. The van der Waals surface area contributed by atoms with Crippen LogP contribution in [0.25, 0.3) is 17.0 Å². The molecule has 0 radical (unpaired) electrons. The summed E-state index contributed by atoms with van der Waals surface area (Å²) in [6, 6.07) is 13.0. The minimum absolute atomic E-state index is 0.315. The first-order valence-electron chi connectivity index (χ1n) is 11.4. The predicted molar refractivity (Wildman–Crippen MR) is 138 cm³/mol. The van der Waals surface area contributed by atoms with Crippen LogP contribution < -0.4 is 19.5 Å². The third-order valence-electron chi connectivity index (χ3n) is 5.87. The lowest BCUT2D eigenvalue weighted by molar-refractivity contribution is 0.354. The van der Waals surface area contributed by atoms with E-state index in [0.29, 0.717) is 34.2 Å². The van der Waals surface area contributed by atoms with Crippen LogP contribution in [0.4, 0.5) is 0 Å². The minimum Gasteiger partial charge on any atom is -0.497 e. The second kappa shape index (κ2) is 10.4. The van der Waals surface area contributed by atoms with Crippen molar-refractivity contribution in [2.24, 2.45) is 5.92 Å². The van der Waals surface area contributed by atoms with E-state index in [0.717, 1.165) is 34.7 Å². The third kappa shape index (κ3) is 4.95. The van der Waals surface area contributed by atoms with Crippen LogP contribution in [0.3, 0.4) is 0 Å². The molecule has 0 bridgehead atoms. The van der Waals surface area contributed by atoms with Crippen molar-refractivity contribution in [1.82, 2.24) is 20.4 Å². The van der Waals surface area contributed by atoms with Crippen LogP contribution in [-0.4, -0.2) is 48.0 Å². The molecule has 2 aromatic carbocycles. The number of allylic oxidation sites excluding steroid dienone is 1. The van der Waals surface area contributed by atoms with Crippen molar-refractivity contribution in [3.05, 3.63) is 59.6 Å². The lowest BCUT2D eigenvalue weighted by Crippen LogP contribution is -2.47. The summed E-state index contributed by atoms with van der Waals surface area (Å²) in [6.45, 7) is 7.11. The van der Waals surface area contributed by atoms with Crippen molar-refractivity contribution in [3.63, 3.8) is 0 Å². The van der Waals surface area contributed by atoms with Crippen LogP contribution in [0.2, 0.25) is 0 Å². The number of nitrogens with one attached hydrogen (secondary N) is 1. The van der Waals surface area contributed by atoms with E-state index >= 15 is 0 Å². The van der Waals surface area contributed by atoms with Gasteiger partial charge in [0.1, 0.15) is 5.75 Å². The van der Waals surface area contributed by atoms with Crippen molar-refractivity contribution < 1.29 is 18.7 Å². The van der Waals surface area contributed by atoms with Crippen molar-refractivity contribution in [2.75, 3.05) is 27.9 Å². The number of thiocarbonyl (C=S) groups is 1. The fourth-order valence-corrected chi connectivity index (χ4v) is 4.47. The molecule has 1 N–H and O–H groups in total. The van der Waals surface area contributed by atoms with Crippen molar-refractivity contribution >= 4 is 22.9 Å². The molecule has 0 amide bonds. The molecule has 184 valence electrons. The standard InChI is InChI=1S/C26H30N4O4S/c1-15(2)14-30-16(3)22(25-28-24(29-34-25)18-8-7-9-19(12-18)31-4)23(27-26(30)35)17-10-11-20(32-5)21(13-17)33-6/h7-13,15,23H,14H2,1-6H3,(H,27,35). The van der Waals surface area contributed by atoms with Crippen molar-refractivity contribution in [2.45, 2.75) is 26.8 Å². The molecule has 1 atom stereocenters. The first-order chi connectivity index (χ1) is 16.9. The topological polar surface area (TPSA) is 81.9 Å². The molecule has 1 unspecified atom stereocenters. The van der Waals surface area contributed by atoms with Crippen molar-refractivity contribution in [1.29, 1.82) is 0 Å². The fraction of sp³-hybridized carbons (Fsp3) is 0.346. The van der Waals surface area contributed by atoms with Gasteiger partial charge in [-0.15, -0.1) is 0 Å². The zero-order valence-corrected chi connectivity index (χ0v) is 21.6. The molecule has 0 fully saturated rings. The van der Waals surface area contributed by atoms with Crippen LogP contribution in [0.1, 0.15) is 38.3 Å². The van der Waals surface area contributed by atoms with Gasteiger partial charge in [-0.1, -0.05) is 37.2 Å². The van der Waals surface area contributed by atoms with E-state index in [1.807, 2.05) is 49.4 Å². The summed E-state index contributed by atoms with van der Waals surface area (Å²) >= 11 is 5.77. The molecular weight excluding hydrogens is 464 g/mol. The number of nitrogens with zero attached hydrogens (tertiary/aromatic N) is 3. The van der Waals surface area contributed by atoms with E-state index in [-0.39, 0.29) is 6.04 Å². The highest BCUT2D eigenvalue weighted by Gasteiger charge is 2.34. The second-order valence-electron chi connectivity index (χ2n) is 8.66. The molecule has 9 heteroatoms. The molecule has 0 aliphatic carbocycles. The summed E-state index contributed by atoms with van der Waals surface area (Å²) in [4.78, 5) is 6.85. The van der Waals surface area contributed by atoms with E-state index in [2.05, 4.69) is 29.2 Å². The maximum atomic E-state index is 5.82. The summed E-state index contributed by atoms with van der Waals surface area (Å²) < 4.78 is 22.1. The van der Waals surface area contributed by atoms with Crippen molar-refractivity contribution in [3.8, 4) is 28.6 Å². The molecular formula is C26H30N4O4S. The Morgan fingerprint density at radius 2 is 1.83 bits per heavy atom. The van der Waals surface area contributed by atoms with Crippen LogP contribution in [0.5, 0.6) is 17.2 Å². The van der Waals surface area contributed by atoms with Gasteiger partial charge in [-0.05, 0) is 54.9 Å². The Bertz CT molecular complexity index is 1250. The average Bonchev–Trinajstić information content (AvgIpc) is 3.35. The monoisotopic (exact) mass is 494 g/mol. The maximum absolute atomic E-state index is 5.82. The molecule has 8 nitrogen and oxygen atoms in total. The zero-order chi connectivity index (χ0) is 25.1. The summed E-state index contributed by atoms with van der Waals surface area (Å²) in [6.07, 6.45) is 0. The van der Waals surface area contributed by atoms with E-state index in [9.17, 15) is 0 Å². The quantitative estimate of drug-likeness (QED) is 0.431. The number of benzene rings is 2. The van der Waals surface area contributed by atoms with Gasteiger partial charge in [0.25, 0.3) is 5.89 Å². The molecule has 35 heavy (non-hydrogen) atoms. The van der Waals surface area contributed by atoms with Gasteiger partial charge in [0.15, 0.2) is 16.6 Å². The van der Waals surface area contributed by atoms with Gasteiger partial charge < -0.3 is 29.0 Å². The molecule has 1 aromatic heterocycles. The highest BCUT2D eigenvalue weighted by atomic mass is 32.1. The predicted octanol–water partition coefficient (Wildman–Crippen LogP) is 5.08. The molecule has 1 aliphatic heterocycles. The molecule has 4 rings (SSSR count). The van der Waals surface area contributed by atoms with Crippen LogP contribution in [0.15, 0.2) is 52.7 Å². The molecule has 2 heterocycles. The van der Waals surface area contributed by atoms with Gasteiger partial charge in [-0.2, -0.15) is 4.98 Å². The molecule has 1 aliphatic rings. The number of hydrogen-bond donors (Lipinski definition) is 1. The van der Waals surface area contributed by atoms with Gasteiger partial charge in [0, 0.05) is 17.8 Å². The SMILES string of the molecule is COc1cccc(-c2noc(C3=C(C)N(CC(C)C)C(=S)NC3c3ccc(OC)c(OC)c3)n2)c1. The van der Waals surface area contributed by atoms with E-state index in [1.165, 1.54) is 0 Å². The number of ether oxygens (including phenoxy) is 3. The summed E-state index contributed by atoms with van der Waals surface area (Å²) in [7, 11) is 4.86. The Morgan fingerprint density at radius 1 is 1.06 bits per heavy atom. The highest BCUT2D eigenvalue weighted by molar-refractivity contribution is 7.80. The summed E-state index contributed by atoms with van der Waals surface area (Å²) in [5.74, 6) is 3.30. The average molecular weight is 495 g/mol. The Hall–Kier alpha value is -3.59. The van der Waals surface area contributed by atoms with Crippen LogP contribution >= 0.6 is 12.2 Å². The van der Waals surface area contributed by atoms with Crippen LogP contribution in [-0.2, 0) is 0 Å². The molecule has 0 spiro atoms. The first-order valence-corrected chi connectivity index (χ1v) is 11.8. The van der Waals surface area contributed by atoms with Gasteiger partial charge in [0.2, 0.25) is 5.82 Å². The minimum atomic E-state index is -0.315. The molecule has 0 saturated heterocycles. The maximum Gasteiger partial charge on any atom is 0.258 e. The second-order valence-corrected chi connectivity index (χ2v) is 9.04. The van der Waals surface area contributed by atoms with Crippen LogP contribution in [0, 0.1) is 5.92 Å². The Labute approximate surface area is 210 Å². The Morgan fingerprint density at radius 3 is 2.51 bits per heavy atom. The third-order valence-corrected chi connectivity index (χ3v) is 6.21. The number of hydrogen-bond acceptors (Lipinski definition) is 7. The number of rotatable bonds is 8. The normalized spacial score (nSPS) is 15.9. The lowest BCUT2D eigenvalue weighted by atomic mass is 9.94. The summed E-state index contributed by atoms with van der Waals surface area (Å²) in [5, 5.41) is 8.39. The number of methoxy groups -OCH3 is 3. The van der Waals surface area contributed by atoms with Gasteiger partial charge in [-0.3, -0.25) is 0 Å². The van der Waals surface area contributed by atoms with E-state index in [4.69, 9.17) is 35.9 Å². The van der Waals surface area contributed by atoms with Gasteiger partial charge >= 0.3 is 0 Å². The summed E-state index contributed by atoms with van der Waals surface area (Å²) in [5.41, 5.74) is 3.56. The Balaban J connectivity index is 1.83. The number of aromatic nitrogens is 2. The lowest BCUT2D eigenvalue weighted by Gasteiger charge is -2.38. The smallest absolute Gasteiger partial charge is 0.258 e. The molecule has 0 saturated carbocycles.